The largest absolute Gasteiger partial charge is 0.507 e. The Morgan fingerprint density at radius 1 is 1.44 bits per heavy atom. The molecule has 0 aliphatic rings. The molecule has 1 aromatic heterocycles. The zero-order valence-corrected chi connectivity index (χ0v) is 10.2. The number of aromatic nitrogens is 1. The van der Waals surface area contributed by atoms with E-state index in [9.17, 15) is 9.90 Å². The number of rotatable bonds is 2. The zero-order chi connectivity index (χ0) is 11.9. The smallest absolute Gasteiger partial charge is 0.352 e. The fourth-order valence-corrected chi connectivity index (χ4v) is 2.12. The van der Waals surface area contributed by atoms with Crippen molar-refractivity contribution in [2.75, 3.05) is 0 Å². The van der Waals surface area contributed by atoms with E-state index in [2.05, 4.69) is 15.9 Å². The Hall–Kier alpha value is -1.49. The highest BCUT2D eigenvalue weighted by atomic mass is 79.9. The van der Waals surface area contributed by atoms with Gasteiger partial charge in [-0.3, -0.25) is 0 Å². The fraction of sp³-hybridized carbons (Fsp3) is 0.182. The van der Waals surface area contributed by atoms with Crippen molar-refractivity contribution in [1.82, 2.24) is 4.57 Å². The predicted molar refractivity (Wildman–Crippen MR) is 63.9 cm³/mol. The first kappa shape index (κ1) is 11.0. The van der Waals surface area contributed by atoms with Crippen LogP contribution >= 0.6 is 15.9 Å². The van der Waals surface area contributed by atoms with E-state index in [1.807, 2.05) is 6.92 Å². The summed E-state index contributed by atoms with van der Waals surface area (Å²) in [5, 5.41) is 19.3. The second-order valence-corrected chi connectivity index (χ2v) is 4.30. The second-order valence-electron chi connectivity index (χ2n) is 3.44. The van der Waals surface area contributed by atoms with Crippen LogP contribution in [0.1, 0.15) is 17.4 Å². The Morgan fingerprint density at radius 3 is 2.69 bits per heavy atom. The van der Waals surface area contributed by atoms with Gasteiger partial charge in [0.05, 0.1) is 9.99 Å². The number of halogens is 1. The van der Waals surface area contributed by atoms with E-state index in [-0.39, 0.29) is 11.4 Å². The number of aryl methyl sites for hydroxylation is 1. The summed E-state index contributed by atoms with van der Waals surface area (Å²) < 4.78 is 2.26. The van der Waals surface area contributed by atoms with E-state index < -0.39 is 5.97 Å². The molecule has 0 spiro atoms. The Labute approximate surface area is 100 Å². The number of hydrogen-bond donors (Lipinski definition) is 2. The van der Waals surface area contributed by atoms with Gasteiger partial charge in [0.2, 0.25) is 0 Å². The molecule has 16 heavy (non-hydrogen) atoms. The second kappa shape index (κ2) is 3.83. The van der Waals surface area contributed by atoms with Crippen molar-refractivity contribution in [2.24, 2.45) is 0 Å². The third-order valence-corrected chi connectivity index (χ3v) is 3.14. The molecule has 0 atom stereocenters. The molecule has 1 aromatic carbocycles. The Bertz CT molecular complexity index is 574. The van der Waals surface area contributed by atoms with Gasteiger partial charge in [0, 0.05) is 11.9 Å². The Morgan fingerprint density at radius 2 is 2.12 bits per heavy atom. The van der Waals surface area contributed by atoms with Crippen LogP contribution in [0.25, 0.3) is 10.9 Å². The number of aromatic hydroxyl groups is 1. The number of hydrogen-bond acceptors (Lipinski definition) is 2. The van der Waals surface area contributed by atoms with Crippen molar-refractivity contribution in [3.63, 3.8) is 0 Å². The summed E-state index contributed by atoms with van der Waals surface area (Å²) in [6.45, 7) is 2.45. The minimum atomic E-state index is -0.964. The van der Waals surface area contributed by atoms with Crippen molar-refractivity contribution in [3.8, 4) is 5.75 Å². The molecule has 0 saturated heterocycles. The highest BCUT2D eigenvalue weighted by Gasteiger charge is 2.14. The Balaban J connectivity index is 2.82. The molecule has 0 aliphatic heterocycles. The monoisotopic (exact) mass is 283 g/mol. The molecule has 0 fully saturated rings. The third-order valence-electron chi connectivity index (χ3n) is 2.51. The molecule has 0 bridgehead atoms. The lowest BCUT2D eigenvalue weighted by molar-refractivity contribution is 0.0686. The first-order valence-corrected chi connectivity index (χ1v) is 5.59. The van der Waals surface area contributed by atoms with Gasteiger partial charge in [0.1, 0.15) is 11.4 Å². The molecule has 1 heterocycles. The van der Waals surface area contributed by atoms with Crippen molar-refractivity contribution < 1.29 is 15.0 Å². The molecular formula is C11H10BrNO3. The maximum absolute atomic E-state index is 11.0. The summed E-state index contributed by atoms with van der Waals surface area (Å²) in [5.41, 5.74) is 1.03. The average Bonchev–Trinajstić information content (AvgIpc) is 2.57. The SMILES string of the molecule is CCn1c(C(=O)O)cc2cc(O)c(Br)cc21. The van der Waals surface area contributed by atoms with Crippen LogP contribution in [0.2, 0.25) is 0 Å². The first-order chi connectivity index (χ1) is 7.54. The molecule has 0 unspecified atom stereocenters. The maximum Gasteiger partial charge on any atom is 0.352 e. The number of aromatic carboxylic acids is 1. The summed E-state index contributed by atoms with van der Waals surface area (Å²) in [4.78, 5) is 11.0. The molecule has 2 rings (SSSR count). The van der Waals surface area contributed by atoms with E-state index in [0.717, 1.165) is 10.9 Å². The molecule has 2 N–H and O–H groups in total. The van der Waals surface area contributed by atoms with Crippen LogP contribution in [0, 0.1) is 0 Å². The van der Waals surface area contributed by atoms with E-state index in [4.69, 9.17) is 5.11 Å². The summed E-state index contributed by atoms with van der Waals surface area (Å²) in [6, 6.07) is 4.84. The lowest BCUT2D eigenvalue weighted by Crippen LogP contribution is -2.06. The maximum atomic E-state index is 11.0. The van der Waals surface area contributed by atoms with Crippen molar-refractivity contribution in [1.29, 1.82) is 0 Å². The number of phenolic OH excluding ortho intramolecular Hbond substituents is 1. The van der Waals surface area contributed by atoms with E-state index in [1.165, 1.54) is 0 Å². The molecule has 0 aliphatic carbocycles. The minimum Gasteiger partial charge on any atom is -0.507 e. The molecule has 0 radical (unpaired) electrons. The summed E-state index contributed by atoms with van der Waals surface area (Å²) in [5.74, 6) is -0.855. The van der Waals surface area contributed by atoms with Crippen LogP contribution in [0.3, 0.4) is 0 Å². The standard InChI is InChI=1S/C11H10BrNO3/c1-2-13-8-5-7(12)10(14)4-6(8)3-9(13)11(15)16/h3-5,14H,2H2,1H3,(H,15,16). The van der Waals surface area contributed by atoms with Gasteiger partial charge >= 0.3 is 5.97 Å². The van der Waals surface area contributed by atoms with Crippen molar-refractivity contribution in [3.05, 3.63) is 28.4 Å². The summed E-state index contributed by atoms with van der Waals surface area (Å²) >= 11 is 3.22. The molecule has 0 saturated carbocycles. The van der Waals surface area contributed by atoms with Crippen LogP contribution in [0.4, 0.5) is 0 Å². The van der Waals surface area contributed by atoms with Crippen LogP contribution in [0.5, 0.6) is 5.75 Å². The Kier molecular flexibility index (Phi) is 2.63. The number of fused-ring (bicyclic) bond motifs is 1. The molecule has 2 aromatic rings. The number of benzene rings is 1. The van der Waals surface area contributed by atoms with Gasteiger partial charge in [0.25, 0.3) is 0 Å². The zero-order valence-electron chi connectivity index (χ0n) is 8.57. The first-order valence-electron chi connectivity index (χ1n) is 4.79. The topological polar surface area (TPSA) is 62.5 Å². The van der Waals surface area contributed by atoms with E-state index in [1.54, 1.807) is 22.8 Å². The lowest BCUT2D eigenvalue weighted by Gasteiger charge is -2.04. The highest BCUT2D eigenvalue weighted by molar-refractivity contribution is 9.10. The minimum absolute atomic E-state index is 0.109. The number of carboxylic acids is 1. The van der Waals surface area contributed by atoms with Crippen LogP contribution in [-0.4, -0.2) is 20.7 Å². The molecule has 0 amide bonds. The van der Waals surface area contributed by atoms with Gasteiger partial charge in [-0.25, -0.2) is 4.79 Å². The number of carbonyl (C=O) groups is 1. The normalized spacial score (nSPS) is 10.9. The van der Waals surface area contributed by atoms with Crippen LogP contribution < -0.4 is 0 Å². The van der Waals surface area contributed by atoms with E-state index in [0.29, 0.717) is 11.0 Å². The number of carboxylic acid groups (broad SMARTS) is 1. The number of phenols is 1. The molecular weight excluding hydrogens is 274 g/mol. The van der Waals surface area contributed by atoms with Gasteiger partial charge in [-0.2, -0.15) is 0 Å². The lowest BCUT2D eigenvalue weighted by atomic mass is 10.2. The van der Waals surface area contributed by atoms with Gasteiger partial charge < -0.3 is 14.8 Å². The third kappa shape index (κ3) is 1.57. The molecule has 4 nitrogen and oxygen atoms in total. The van der Waals surface area contributed by atoms with Crippen LogP contribution in [0.15, 0.2) is 22.7 Å². The summed E-state index contributed by atoms with van der Waals surface area (Å²) in [6.07, 6.45) is 0. The van der Waals surface area contributed by atoms with Gasteiger partial charge in [-0.15, -0.1) is 0 Å². The number of nitrogens with zero attached hydrogens (tertiary/aromatic N) is 1. The average molecular weight is 284 g/mol. The van der Waals surface area contributed by atoms with Gasteiger partial charge in [0.15, 0.2) is 0 Å². The molecule has 84 valence electrons. The van der Waals surface area contributed by atoms with Gasteiger partial charge in [-0.1, -0.05) is 0 Å². The fourth-order valence-electron chi connectivity index (χ4n) is 1.79. The van der Waals surface area contributed by atoms with E-state index >= 15 is 0 Å². The summed E-state index contributed by atoms with van der Waals surface area (Å²) in [7, 11) is 0. The van der Waals surface area contributed by atoms with Crippen molar-refractivity contribution >= 4 is 32.8 Å². The highest BCUT2D eigenvalue weighted by Crippen LogP contribution is 2.31. The predicted octanol–water partition coefficient (Wildman–Crippen LogP) is 2.83. The van der Waals surface area contributed by atoms with Gasteiger partial charge in [-0.05, 0) is 41.1 Å². The quantitative estimate of drug-likeness (QED) is 0.891. The van der Waals surface area contributed by atoms with Crippen LogP contribution in [-0.2, 0) is 6.54 Å². The molecule has 5 heteroatoms. The van der Waals surface area contributed by atoms with Crippen molar-refractivity contribution in [2.45, 2.75) is 13.5 Å².